The highest BCUT2D eigenvalue weighted by atomic mass is 35.5. The van der Waals surface area contributed by atoms with E-state index in [1.165, 1.54) is 0 Å². The van der Waals surface area contributed by atoms with Crippen LogP contribution in [0.25, 0.3) is 0 Å². The number of hydrogen-bond donors (Lipinski definition) is 0. The van der Waals surface area contributed by atoms with Gasteiger partial charge in [0.15, 0.2) is 0 Å². The van der Waals surface area contributed by atoms with E-state index in [1.807, 2.05) is 6.92 Å². The van der Waals surface area contributed by atoms with Crippen LogP contribution in [0.5, 0.6) is 0 Å². The lowest BCUT2D eigenvalue weighted by atomic mass is 10.5. The van der Waals surface area contributed by atoms with E-state index < -0.39 is 12.8 Å². The molecule has 16 heavy (non-hydrogen) atoms. The number of hydrogen-bond acceptors (Lipinski definition) is 1. The van der Waals surface area contributed by atoms with Crippen LogP contribution in [0, 0.1) is 0 Å². The van der Waals surface area contributed by atoms with Crippen LogP contribution in [-0.4, -0.2) is 24.8 Å². The first-order chi connectivity index (χ1) is 7.11. The molecule has 0 heterocycles. The fourth-order valence-corrected chi connectivity index (χ4v) is 10.3. The summed E-state index contributed by atoms with van der Waals surface area (Å²) in [6.45, 7) is 15.0. The molecule has 1 atom stereocenters. The monoisotopic (exact) mass is 284 g/mol. The van der Waals surface area contributed by atoms with E-state index in [4.69, 9.17) is 27.6 Å². The number of rotatable bonds is 6. The quantitative estimate of drug-likeness (QED) is 0.495. The Morgan fingerprint density at radius 2 is 1.44 bits per heavy atom. The van der Waals surface area contributed by atoms with Gasteiger partial charge in [0, 0.05) is 12.0 Å². The average molecular weight is 285 g/mol. The van der Waals surface area contributed by atoms with Crippen molar-refractivity contribution in [1.82, 2.24) is 0 Å². The average Bonchev–Trinajstić information content (AvgIpc) is 2.12. The number of halogens is 2. The van der Waals surface area contributed by atoms with Gasteiger partial charge in [-0.05, 0) is 31.9 Å². The van der Waals surface area contributed by atoms with Crippen LogP contribution < -0.4 is 0 Å². The molecule has 0 radical (unpaired) electrons. The predicted octanol–water partition coefficient (Wildman–Crippen LogP) is 4.95. The third-order valence-corrected chi connectivity index (χ3v) is 11.2. The number of alkyl halides is 2. The molecule has 0 saturated carbocycles. The summed E-state index contributed by atoms with van der Waals surface area (Å²) in [7, 11) is -2.11. The van der Waals surface area contributed by atoms with Crippen LogP contribution in [0.1, 0.15) is 48.5 Å². The van der Waals surface area contributed by atoms with Gasteiger partial charge in [-0.2, -0.15) is 0 Å². The molecule has 0 spiro atoms. The smallest absolute Gasteiger partial charge is 0.219 e. The second kappa shape index (κ2) is 6.08. The zero-order chi connectivity index (χ0) is 13.1. The van der Waals surface area contributed by atoms with E-state index in [2.05, 4.69) is 41.5 Å². The Morgan fingerprint density at radius 1 is 1.06 bits per heavy atom. The zero-order valence-electron chi connectivity index (χ0n) is 11.6. The van der Waals surface area contributed by atoms with Crippen molar-refractivity contribution >= 4 is 31.5 Å². The van der Waals surface area contributed by atoms with Gasteiger partial charge in [0.2, 0.25) is 8.32 Å². The largest absolute Gasteiger partial charge is 0.412 e. The van der Waals surface area contributed by atoms with Crippen LogP contribution in [0.2, 0.25) is 11.1 Å². The summed E-state index contributed by atoms with van der Waals surface area (Å²) >= 11 is 12.8. The van der Waals surface area contributed by atoms with Crippen molar-refractivity contribution < 1.29 is 4.43 Å². The van der Waals surface area contributed by atoms with Gasteiger partial charge in [0.05, 0.1) is 4.50 Å². The maximum Gasteiger partial charge on any atom is 0.219 e. The lowest BCUT2D eigenvalue weighted by molar-refractivity contribution is 0.207. The topological polar surface area (TPSA) is 9.23 Å². The molecule has 1 unspecified atom stereocenters. The highest BCUT2D eigenvalue weighted by Crippen LogP contribution is 2.46. The molecule has 0 aliphatic rings. The lowest BCUT2D eigenvalue weighted by Crippen LogP contribution is -2.62. The van der Waals surface area contributed by atoms with Crippen LogP contribution >= 0.6 is 23.2 Å². The van der Waals surface area contributed by atoms with Gasteiger partial charge >= 0.3 is 0 Å². The maximum absolute atomic E-state index is 6.68. The highest BCUT2D eigenvalue weighted by Gasteiger charge is 2.56. The fourth-order valence-electron chi connectivity index (χ4n) is 2.76. The molecular formula is C12H26Cl2OSi. The van der Waals surface area contributed by atoms with Gasteiger partial charge < -0.3 is 4.43 Å². The van der Waals surface area contributed by atoms with Crippen molar-refractivity contribution in [1.29, 1.82) is 0 Å². The normalized spacial score (nSPS) is 17.2. The van der Waals surface area contributed by atoms with Crippen molar-refractivity contribution in [2.24, 2.45) is 0 Å². The van der Waals surface area contributed by atoms with Gasteiger partial charge in [0.25, 0.3) is 0 Å². The summed E-state index contributed by atoms with van der Waals surface area (Å²) in [5, 5.41) is 0. The van der Waals surface area contributed by atoms with E-state index in [-0.39, 0.29) is 6.10 Å². The summed E-state index contributed by atoms with van der Waals surface area (Å²) in [5.41, 5.74) is 0.910. The Balaban J connectivity index is 5.43. The van der Waals surface area contributed by atoms with E-state index in [1.54, 1.807) is 0 Å². The minimum atomic E-state index is -2.11. The van der Waals surface area contributed by atoms with Gasteiger partial charge in [-0.3, -0.25) is 0 Å². The molecule has 98 valence electrons. The SMILES string of the molecule is CC(C)O[Si](C(C)C)(C(C)C)C(C)(Cl)CCl. The first kappa shape index (κ1) is 16.8. The summed E-state index contributed by atoms with van der Waals surface area (Å²) in [6.07, 6.45) is 0.206. The molecule has 0 aliphatic heterocycles. The Hall–Kier alpha value is 0.757. The standard InChI is InChI=1S/C12H26Cl2OSi/c1-9(2)15-16(10(3)4,11(5)6)12(7,14)8-13/h9-11H,8H2,1-7H3. The van der Waals surface area contributed by atoms with Crippen molar-refractivity contribution in [3.8, 4) is 0 Å². The van der Waals surface area contributed by atoms with E-state index in [9.17, 15) is 0 Å². The maximum atomic E-state index is 6.68. The predicted molar refractivity (Wildman–Crippen MR) is 77.1 cm³/mol. The van der Waals surface area contributed by atoms with Gasteiger partial charge in [-0.1, -0.05) is 27.7 Å². The molecule has 0 amide bonds. The summed E-state index contributed by atoms with van der Waals surface area (Å²) in [6, 6.07) is 0. The molecule has 0 aromatic carbocycles. The molecule has 0 N–H and O–H groups in total. The molecule has 0 rings (SSSR count). The summed E-state index contributed by atoms with van der Waals surface area (Å²) in [4.78, 5) is 0. The zero-order valence-corrected chi connectivity index (χ0v) is 14.1. The van der Waals surface area contributed by atoms with Crippen molar-refractivity contribution in [2.45, 2.75) is 70.1 Å². The Labute approximate surface area is 112 Å². The molecule has 0 aromatic heterocycles. The molecule has 0 saturated heterocycles. The molecule has 0 aliphatic carbocycles. The summed E-state index contributed by atoms with van der Waals surface area (Å²) < 4.78 is 5.92. The fraction of sp³-hybridized carbons (Fsp3) is 1.00. The minimum absolute atomic E-state index is 0.206. The van der Waals surface area contributed by atoms with Crippen LogP contribution in [-0.2, 0) is 4.43 Å². The minimum Gasteiger partial charge on any atom is -0.412 e. The van der Waals surface area contributed by atoms with Crippen LogP contribution in [0.3, 0.4) is 0 Å². The van der Waals surface area contributed by atoms with Gasteiger partial charge in [0.1, 0.15) is 0 Å². The first-order valence-electron chi connectivity index (χ1n) is 6.04. The third-order valence-electron chi connectivity index (χ3n) is 3.21. The van der Waals surface area contributed by atoms with Gasteiger partial charge in [-0.15, -0.1) is 23.2 Å². The second-order valence-corrected chi connectivity index (χ2v) is 12.3. The van der Waals surface area contributed by atoms with Gasteiger partial charge in [-0.25, -0.2) is 0 Å². The van der Waals surface area contributed by atoms with E-state index in [0.717, 1.165) is 0 Å². The Morgan fingerprint density at radius 3 is 1.62 bits per heavy atom. The lowest BCUT2D eigenvalue weighted by Gasteiger charge is -2.48. The molecule has 0 bridgehead atoms. The van der Waals surface area contributed by atoms with Crippen LogP contribution in [0.4, 0.5) is 0 Å². The third kappa shape index (κ3) is 3.15. The second-order valence-electron chi connectivity index (χ2n) is 5.60. The first-order valence-corrected chi connectivity index (χ1v) is 9.02. The molecular weight excluding hydrogens is 259 g/mol. The van der Waals surface area contributed by atoms with E-state index >= 15 is 0 Å². The molecule has 4 heteroatoms. The van der Waals surface area contributed by atoms with Crippen molar-refractivity contribution in [3.05, 3.63) is 0 Å². The van der Waals surface area contributed by atoms with Crippen molar-refractivity contribution in [2.75, 3.05) is 5.88 Å². The Bertz CT molecular complexity index is 207. The Kier molecular flexibility index (Phi) is 6.37. The van der Waals surface area contributed by atoms with Crippen LogP contribution in [0.15, 0.2) is 0 Å². The molecule has 0 aromatic rings. The summed E-state index contributed by atoms with van der Waals surface area (Å²) in [5.74, 6) is 0.448. The highest BCUT2D eigenvalue weighted by molar-refractivity contribution is 6.86. The van der Waals surface area contributed by atoms with E-state index in [0.29, 0.717) is 17.0 Å². The van der Waals surface area contributed by atoms with Crippen molar-refractivity contribution in [3.63, 3.8) is 0 Å². The molecule has 0 fully saturated rings. The molecule has 1 nitrogen and oxygen atoms in total.